The molecular weight excluding hydrogens is 332 g/mol. The number of hydrogen-bond donors (Lipinski definition) is 2. The van der Waals surface area contributed by atoms with Gasteiger partial charge in [-0.1, -0.05) is 11.6 Å². The van der Waals surface area contributed by atoms with Gasteiger partial charge in [0.1, 0.15) is 11.5 Å². The number of amides is 2. The Kier molecular flexibility index (Phi) is 3.88. The van der Waals surface area contributed by atoms with Gasteiger partial charge in [0.25, 0.3) is 5.91 Å². The maximum absolute atomic E-state index is 12.9. The third-order valence-corrected chi connectivity index (χ3v) is 4.82. The van der Waals surface area contributed by atoms with Crippen LogP contribution < -0.4 is 0 Å². The monoisotopic (exact) mass is 352 g/mol. The number of carbonyl (C=O) groups excluding carboxylic acids is 2. The molecule has 0 saturated heterocycles. The van der Waals surface area contributed by atoms with Crippen molar-refractivity contribution in [2.45, 2.75) is 26.3 Å². The van der Waals surface area contributed by atoms with E-state index in [1.54, 1.807) is 11.6 Å². The number of rotatable bonds is 4. The average Bonchev–Trinajstić information content (AvgIpc) is 3.12. The van der Waals surface area contributed by atoms with Crippen LogP contribution in [0.25, 0.3) is 10.9 Å². The van der Waals surface area contributed by atoms with Crippen molar-refractivity contribution in [3.8, 4) is 0 Å². The molecule has 0 unspecified atom stereocenters. The summed E-state index contributed by atoms with van der Waals surface area (Å²) in [7, 11) is 1.74. The predicted molar refractivity (Wildman–Crippen MR) is 95.6 cm³/mol. The van der Waals surface area contributed by atoms with E-state index in [0.29, 0.717) is 23.6 Å². The van der Waals surface area contributed by atoms with Crippen molar-refractivity contribution in [3.63, 3.8) is 0 Å². The number of aliphatic hydroxyl groups excluding tert-OH is 1. The van der Waals surface area contributed by atoms with Crippen molar-refractivity contribution in [1.82, 2.24) is 19.4 Å². The van der Waals surface area contributed by atoms with Crippen molar-refractivity contribution >= 4 is 22.7 Å². The Balaban J connectivity index is 1.66. The fourth-order valence-electron chi connectivity index (χ4n) is 3.53. The first kappa shape index (κ1) is 16.5. The standard InChI is InChI=1S/C19H20N4O3/c1-11-3-4-14-12(7-11)8-13(20-14)10-23-17(25)9-15-18(19(23)26)22(2)16(21-15)5-6-24/h3-4,7-8,20,24H,5-6,9-10H2,1-2H3. The molecule has 3 aromatic rings. The number of nitrogens with zero attached hydrogens (tertiary/aromatic N) is 3. The van der Waals surface area contributed by atoms with E-state index in [-0.39, 0.29) is 31.4 Å². The van der Waals surface area contributed by atoms with Crippen LogP contribution in [-0.2, 0) is 31.2 Å². The summed E-state index contributed by atoms with van der Waals surface area (Å²) in [4.78, 5) is 34.3. The second-order valence-electron chi connectivity index (χ2n) is 6.70. The highest BCUT2D eigenvalue weighted by Crippen LogP contribution is 2.24. The van der Waals surface area contributed by atoms with Crippen LogP contribution in [0, 0.1) is 6.92 Å². The Hall–Kier alpha value is -2.93. The van der Waals surface area contributed by atoms with Crippen LogP contribution in [0.1, 0.15) is 33.3 Å². The average molecular weight is 352 g/mol. The molecular formula is C19H20N4O3. The van der Waals surface area contributed by atoms with E-state index < -0.39 is 0 Å². The number of H-pyrrole nitrogens is 1. The van der Waals surface area contributed by atoms with Gasteiger partial charge in [0.2, 0.25) is 5.91 Å². The Morgan fingerprint density at radius 2 is 2.08 bits per heavy atom. The molecule has 0 atom stereocenters. The van der Waals surface area contributed by atoms with Gasteiger partial charge in [-0.25, -0.2) is 4.98 Å². The minimum atomic E-state index is -0.342. The molecule has 0 saturated carbocycles. The lowest BCUT2D eigenvalue weighted by atomic mass is 10.1. The SMILES string of the molecule is Cc1ccc2[nH]c(CN3C(=O)Cc4nc(CCO)n(C)c4C3=O)cc2c1. The quantitative estimate of drug-likeness (QED) is 0.696. The molecule has 1 aliphatic heterocycles. The molecule has 0 aliphatic carbocycles. The number of hydrogen-bond acceptors (Lipinski definition) is 4. The summed E-state index contributed by atoms with van der Waals surface area (Å²) in [6.07, 6.45) is 0.450. The smallest absolute Gasteiger partial charge is 0.279 e. The third-order valence-electron chi connectivity index (χ3n) is 4.82. The molecule has 0 bridgehead atoms. The summed E-state index contributed by atoms with van der Waals surface area (Å²) in [6.45, 7) is 2.17. The highest BCUT2D eigenvalue weighted by Gasteiger charge is 2.35. The fourth-order valence-corrected chi connectivity index (χ4v) is 3.53. The number of nitrogens with one attached hydrogen (secondary N) is 1. The van der Waals surface area contributed by atoms with Crippen LogP contribution in [0.5, 0.6) is 0 Å². The number of imidazole rings is 1. The highest BCUT2D eigenvalue weighted by atomic mass is 16.3. The minimum Gasteiger partial charge on any atom is -0.396 e. The second kappa shape index (κ2) is 6.10. The van der Waals surface area contributed by atoms with Gasteiger partial charge in [-0.3, -0.25) is 14.5 Å². The normalized spacial score (nSPS) is 14.3. The first-order valence-electron chi connectivity index (χ1n) is 8.56. The van der Waals surface area contributed by atoms with E-state index in [9.17, 15) is 9.59 Å². The Morgan fingerprint density at radius 1 is 1.27 bits per heavy atom. The van der Waals surface area contributed by atoms with Gasteiger partial charge in [0.05, 0.1) is 25.3 Å². The number of fused-ring (bicyclic) bond motifs is 2. The number of imide groups is 1. The number of aromatic nitrogens is 3. The van der Waals surface area contributed by atoms with E-state index in [1.807, 2.05) is 25.1 Å². The van der Waals surface area contributed by atoms with Crippen LogP contribution in [-0.4, -0.2) is 43.0 Å². The van der Waals surface area contributed by atoms with Crippen molar-refractivity contribution < 1.29 is 14.7 Å². The molecule has 2 amide bonds. The number of aryl methyl sites for hydroxylation is 1. The lowest BCUT2D eigenvalue weighted by molar-refractivity contribution is -0.129. The number of aromatic amines is 1. The number of benzene rings is 1. The van der Waals surface area contributed by atoms with Gasteiger partial charge in [-0.2, -0.15) is 0 Å². The first-order chi connectivity index (χ1) is 12.5. The largest absolute Gasteiger partial charge is 0.396 e. The summed E-state index contributed by atoms with van der Waals surface area (Å²) < 4.78 is 1.68. The van der Waals surface area contributed by atoms with Gasteiger partial charge >= 0.3 is 0 Å². The zero-order valence-electron chi connectivity index (χ0n) is 14.7. The maximum atomic E-state index is 12.9. The Bertz CT molecular complexity index is 1030. The van der Waals surface area contributed by atoms with Crippen molar-refractivity contribution in [2.24, 2.45) is 7.05 Å². The highest BCUT2D eigenvalue weighted by molar-refractivity contribution is 6.08. The Labute approximate surface area is 150 Å². The van der Waals surface area contributed by atoms with Crippen LogP contribution in [0.2, 0.25) is 0 Å². The minimum absolute atomic E-state index is 0.0515. The third kappa shape index (κ3) is 2.61. The van der Waals surface area contributed by atoms with Gasteiger partial charge in [-0.05, 0) is 30.5 Å². The van der Waals surface area contributed by atoms with Crippen LogP contribution >= 0.6 is 0 Å². The summed E-state index contributed by atoms with van der Waals surface area (Å²) in [6, 6.07) is 8.05. The first-order valence-corrected chi connectivity index (χ1v) is 8.56. The molecule has 0 radical (unpaired) electrons. The molecule has 26 heavy (non-hydrogen) atoms. The Morgan fingerprint density at radius 3 is 2.85 bits per heavy atom. The summed E-state index contributed by atoms with van der Waals surface area (Å²) in [5.74, 6) is 0.0119. The molecule has 3 heterocycles. The topological polar surface area (TPSA) is 91.2 Å². The van der Waals surface area contributed by atoms with Crippen LogP contribution in [0.4, 0.5) is 0 Å². The summed E-state index contributed by atoms with van der Waals surface area (Å²) >= 11 is 0. The van der Waals surface area contributed by atoms with Crippen LogP contribution in [0.15, 0.2) is 24.3 Å². The van der Waals surface area contributed by atoms with E-state index >= 15 is 0 Å². The molecule has 1 aromatic carbocycles. The molecule has 134 valence electrons. The molecule has 0 fully saturated rings. The van der Waals surface area contributed by atoms with Gasteiger partial charge < -0.3 is 14.7 Å². The molecule has 1 aliphatic rings. The van der Waals surface area contributed by atoms with Crippen molar-refractivity contribution in [3.05, 3.63) is 52.7 Å². The van der Waals surface area contributed by atoms with Crippen molar-refractivity contribution in [1.29, 1.82) is 0 Å². The summed E-state index contributed by atoms with van der Waals surface area (Å²) in [5.41, 5.74) is 3.88. The molecule has 2 aromatic heterocycles. The molecule has 0 spiro atoms. The lowest BCUT2D eigenvalue weighted by Gasteiger charge is -2.24. The predicted octanol–water partition coefficient (Wildman–Crippen LogP) is 1.47. The zero-order chi connectivity index (χ0) is 18.4. The van der Waals surface area contributed by atoms with Crippen LogP contribution in [0.3, 0.4) is 0 Å². The van der Waals surface area contributed by atoms with Gasteiger partial charge in [0.15, 0.2) is 0 Å². The fraction of sp³-hybridized carbons (Fsp3) is 0.316. The van der Waals surface area contributed by atoms with Gasteiger partial charge in [0, 0.05) is 24.7 Å². The molecule has 7 heteroatoms. The second-order valence-corrected chi connectivity index (χ2v) is 6.70. The maximum Gasteiger partial charge on any atom is 0.279 e. The van der Waals surface area contributed by atoms with Crippen molar-refractivity contribution in [2.75, 3.05) is 6.61 Å². The lowest BCUT2D eigenvalue weighted by Crippen LogP contribution is -2.42. The number of aliphatic hydroxyl groups is 1. The molecule has 7 nitrogen and oxygen atoms in total. The van der Waals surface area contributed by atoms with E-state index in [0.717, 1.165) is 22.2 Å². The molecule has 4 rings (SSSR count). The van der Waals surface area contributed by atoms with Gasteiger partial charge in [-0.15, -0.1) is 0 Å². The summed E-state index contributed by atoms with van der Waals surface area (Å²) in [5, 5.41) is 10.2. The number of carbonyl (C=O) groups is 2. The molecule has 2 N–H and O–H groups in total. The van der Waals surface area contributed by atoms with E-state index in [2.05, 4.69) is 16.0 Å². The van der Waals surface area contributed by atoms with E-state index in [1.165, 1.54) is 4.90 Å². The van der Waals surface area contributed by atoms with E-state index in [4.69, 9.17) is 5.11 Å². The zero-order valence-corrected chi connectivity index (χ0v) is 14.7.